The Balaban J connectivity index is 2.80. The molecule has 0 aliphatic carbocycles. The van der Waals surface area contributed by atoms with Gasteiger partial charge in [0.1, 0.15) is 6.20 Å². The number of hydrogen-bond acceptors (Lipinski definition) is 3. The second-order valence-electron chi connectivity index (χ2n) is 3.44. The fraction of sp³-hybridized carbons (Fsp3) is 0.714. The van der Waals surface area contributed by atoms with Gasteiger partial charge in [-0.3, -0.25) is 9.04 Å². The Hall–Kier alpha value is -0.590. The third-order valence-corrected chi connectivity index (χ3v) is 3.03. The van der Waals surface area contributed by atoms with Crippen molar-refractivity contribution in [3.8, 4) is 0 Å². The largest absolute Gasteiger partial charge is 0.329 e. The zero-order chi connectivity index (χ0) is 10.1. The highest BCUT2D eigenvalue weighted by Crippen LogP contribution is 2.17. The third-order valence-electron chi connectivity index (χ3n) is 2.19. The van der Waals surface area contributed by atoms with Gasteiger partial charge in [0.05, 0.1) is 12.7 Å². The second kappa shape index (κ2) is 3.28. The maximum Gasteiger partial charge on any atom is 0.316 e. The van der Waals surface area contributed by atoms with Crippen LogP contribution in [0.4, 0.5) is 0 Å². The normalized spacial score (nSPS) is 28.4. The molecule has 0 fully saturated rings. The number of nitrogens with zero attached hydrogens (tertiary/aromatic N) is 2. The first kappa shape index (κ1) is 10.5. The van der Waals surface area contributed by atoms with Crippen LogP contribution in [0, 0.1) is 0 Å². The van der Waals surface area contributed by atoms with Gasteiger partial charge < -0.3 is 4.90 Å². The first-order valence-corrected chi connectivity index (χ1v) is 5.68. The van der Waals surface area contributed by atoms with Crippen molar-refractivity contribution in [1.82, 2.24) is 4.90 Å². The van der Waals surface area contributed by atoms with E-state index in [4.69, 9.17) is 4.55 Å². The minimum Gasteiger partial charge on any atom is -0.329 e. The summed E-state index contributed by atoms with van der Waals surface area (Å²) >= 11 is 0. The van der Waals surface area contributed by atoms with Crippen LogP contribution in [0.1, 0.15) is 6.92 Å². The molecule has 1 aliphatic rings. The van der Waals surface area contributed by atoms with Gasteiger partial charge in [-0.2, -0.15) is 8.42 Å². The fourth-order valence-corrected chi connectivity index (χ4v) is 2.50. The van der Waals surface area contributed by atoms with Crippen molar-refractivity contribution in [2.24, 2.45) is 0 Å². The minimum absolute atomic E-state index is 0.246. The van der Waals surface area contributed by atoms with Crippen molar-refractivity contribution >= 4 is 10.1 Å². The van der Waals surface area contributed by atoms with Crippen LogP contribution in [0.15, 0.2) is 12.4 Å². The molecule has 1 N–H and O–H groups in total. The summed E-state index contributed by atoms with van der Waals surface area (Å²) in [5.74, 6) is -0.246. The molecule has 0 saturated heterocycles. The van der Waals surface area contributed by atoms with Crippen molar-refractivity contribution in [3.05, 3.63) is 12.4 Å². The maximum absolute atomic E-state index is 10.7. The second-order valence-corrected chi connectivity index (χ2v) is 4.86. The molecule has 0 aromatic heterocycles. The summed E-state index contributed by atoms with van der Waals surface area (Å²) in [7, 11) is -2.04. The van der Waals surface area contributed by atoms with Gasteiger partial charge in [-0.1, -0.05) is 0 Å². The lowest BCUT2D eigenvalue weighted by molar-refractivity contribution is -0.867. The lowest BCUT2D eigenvalue weighted by Gasteiger charge is -2.29. The number of quaternary nitrogens is 1. The van der Waals surface area contributed by atoms with Crippen molar-refractivity contribution < 1.29 is 17.5 Å². The van der Waals surface area contributed by atoms with Crippen LogP contribution in [-0.2, 0) is 10.1 Å². The van der Waals surface area contributed by atoms with Gasteiger partial charge in [0, 0.05) is 7.05 Å². The molecule has 5 nitrogen and oxygen atoms in total. The van der Waals surface area contributed by atoms with E-state index in [-0.39, 0.29) is 10.4 Å². The van der Waals surface area contributed by atoms with Gasteiger partial charge in [0.25, 0.3) is 0 Å². The van der Waals surface area contributed by atoms with Gasteiger partial charge in [0.15, 0.2) is 6.67 Å². The van der Waals surface area contributed by atoms with Crippen LogP contribution in [0.3, 0.4) is 0 Å². The summed E-state index contributed by atoms with van der Waals surface area (Å²) in [5, 5.41) is 0. The highest BCUT2D eigenvalue weighted by atomic mass is 32.2. The maximum atomic E-state index is 10.7. The number of hydrogen-bond donors (Lipinski definition) is 1. The number of rotatable bonds is 3. The average molecular weight is 207 g/mol. The van der Waals surface area contributed by atoms with E-state index in [1.54, 1.807) is 6.20 Å². The average Bonchev–Trinajstić information content (AvgIpc) is 2.29. The zero-order valence-electron chi connectivity index (χ0n) is 7.84. The third kappa shape index (κ3) is 2.68. The molecule has 1 heterocycles. The van der Waals surface area contributed by atoms with Crippen LogP contribution in [-0.4, -0.2) is 48.5 Å². The Kier molecular flexibility index (Phi) is 2.65. The predicted octanol–water partition coefficient (Wildman–Crippen LogP) is 0.0425. The summed E-state index contributed by atoms with van der Waals surface area (Å²) in [6, 6.07) is 0. The van der Waals surface area contributed by atoms with Gasteiger partial charge in [-0.25, -0.2) is 0 Å². The van der Waals surface area contributed by atoms with Gasteiger partial charge in [-0.15, -0.1) is 0 Å². The molecular formula is C7H15N2O3S+. The standard InChI is InChI=1S/C7H14N2O3S/c1-3-9(7-13(10,11)12)5-4-8(2)6-9/h4-5H,3,6-7H2,1-2H3/p+1. The zero-order valence-corrected chi connectivity index (χ0v) is 8.66. The molecule has 13 heavy (non-hydrogen) atoms. The molecule has 0 radical (unpaired) electrons. The van der Waals surface area contributed by atoms with Crippen molar-refractivity contribution in [2.75, 3.05) is 26.1 Å². The molecule has 1 atom stereocenters. The highest BCUT2D eigenvalue weighted by Gasteiger charge is 2.33. The van der Waals surface area contributed by atoms with E-state index in [0.29, 0.717) is 13.2 Å². The van der Waals surface area contributed by atoms with E-state index in [1.165, 1.54) is 0 Å². The molecule has 0 aromatic carbocycles. The first-order chi connectivity index (χ1) is 5.87. The Morgan fingerprint density at radius 3 is 2.54 bits per heavy atom. The molecule has 76 valence electrons. The monoisotopic (exact) mass is 207 g/mol. The van der Waals surface area contributed by atoms with Crippen molar-refractivity contribution in [3.63, 3.8) is 0 Å². The van der Waals surface area contributed by atoms with E-state index < -0.39 is 10.1 Å². The smallest absolute Gasteiger partial charge is 0.316 e. The van der Waals surface area contributed by atoms with Crippen molar-refractivity contribution in [2.45, 2.75) is 6.92 Å². The summed E-state index contributed by atoms with van der Waals surface area (Å²) in [4.78, 5) is 1.90. The van der Waals surface area contributed by atoms with Crippen molar-refractivity contribution in [1.29, 1.82) is 0 Å². The molecule has 0 bridgehead atoms. The molecule has 0 saturated carbocycles. The van der Waals surface area contributed by atoms with Crippen LogP contribution in [0.5, 0.6) is 0 Å². The lowest BCUT2D eigenvalue weighted by Crippen LogP contribution is -2.47. The van der Waals surface area contributed by atoms with E-state index >= 15 is 0 Å². The fourth-order valence-electron chi connectivity index (χ4n) is 1.50. The van der Waals surface area contributed by atoms with Crippen LogP contribution < -0.4 is 0 Å². The Bertz CT molecular complexity index is 312. The molecule has 1 unspecified atom stereocenters. The molecular weight excluding hydrogens is 192 g/mol. The predicted molar refractivity (Wildman–Crippen MR) is 49.0 cm³/mol. The molecule has 1 rings (SSSR count). The molecule has 6 heteroatoms. The van der Waals surface area contributed by atoms with E-state index in [9.17, 15) is 8.42 Å². The summed E-state index contributed by atoms with van der Waals surface area (Å²) in [6.07, 6.45) is 3.63. The van der Waals surface area contributed by atoms with E-state index in [2.05, 4.69) is 0 Å². The SMILES string of the molecule is CC[N+]1(CS(=O)(=O)O)C=CN(C)C1. The minimum atomic E-state index is -3.91. The molecule has 0 amide bonds. The van der Waals surface area contributed by atoms with Crippen LogP contribution in [0.25, 0.3) is 0 Å². The molecule has 1 aliphatic heterocycles. The molecule has 0 aromatic rings. The van der Waals surface area contributed by atoms with Gasteiger partial charge in [-0.05, 0) is 6.92 Å². The Morgan fingerprint density at radius 2 is 2.23 bits per heavy atom. The summed E-state index contributed by atoms with van der Waals surface area (Å²) < 4.78 is 30.5. The van der Waals surface area contributed by atoms with Crippen LogP contribution >= 0.6 is 0 Å². The first-order valence-electron chi connectivity index (χ1n) is 4.07. The quantitative estimate of drug-likeness (QED) is 0.524. The van der Waals surface area contributed by atoms with Crippen LogP contribution in [0.2, 0.25) is 0 Å². The Labute approximate surface area is 78.6 Å². The Morgan fingerprint density at radius 1 is 1.62 bits per heavy atom. The van der Waals surface area contributed by atoms with E-state index in [0.717, 1.165) is 0 Å². The van der Waals surface area contributed by atoms with Gasteiger partial charge in [0.2, 0.25) is 5.88 Å². The summed E-state index contributed by atoms with van der Waals surface area (Å²) in [5.41, 5.74) is 0. The van der Waals surface area contributed by atoms with Gasteiger partial charge >= 0.3 is 10.1 Å². The topological polar surface area (TPSA) is 57.6 Å². The lowest BCUT2D eigenvalue weighted by atomic mass is 10.5. The van der Waals surface area contributed by atoms with E-state index in [1.807, 2.05) is 25.1 Å². The molecule has 0 spiro atoms. The summed E-state index contributed by atoms with van der Waals surface area (Å²) in [6.45, 7) is 3.14. The highest BCUT2D eigenvalue weighted by molar-refractivity contribution is 7.85.